The van der Waals surface area contributed by atoms with Gasteiger partial charge in [-0.3, -0.25) is 9.36 Å². The molecule has 186 valence electrons. The molecule has 1 aliphatic heterocycles. The predicted octanol–water partition coefficient (Wildman–Crippen LogP) is -2.03. The zero-order valence-electron chi connectivity index (χ0n) is 17.7. The van der Waals surface area contributed by atoms with Gasteiger partial charge in [-0.1, -0.05) is 0 Å². The zero-order chi connectivity index (χ0) is 25.0. The molecule has 1 aromatic carbocycles. The van der Waals surface area contributed by atoms with Gasteiger partial charge in [0.2, 0.25) is 0 Å². The molecule has 13 nitrogen and oxygen atoms in total. The van der Waals surface area contributed by atoms with E-state index < -0.39 is 74.8 Å². The number of carbonyl (C=O) groups is 2. The van der Waals surface area contributed by atoms with Gasteiger partial charge in [0, 0.05) is 11.6 Å². The van der Waals surface area contributed by atoms with E-state index in [4.69, 9.17) is 9.63 Å². The molecule has 0 aliphatic carbocycles. The summed E-state index contributed by atoms with van der Waals surface area (Å²) in [5, 5.41) is 62.7. The Hall–Kier alpha value is -2.09. The van der Waals surface area contributed by atoms with Crippen molar-refractivity contribution < 1.29 is 54.2 Å². The van der Waals surface area contributed by atoms with Gasteiger partial charge >= 0.3 is 13.6 Å². The number of aliphatic hydroxyl groups excluding tert-OH is 4. The molecule has 0 spiro atoms. The number of nitrogens with one attached hydrogen (secondary N) is 2. The molecule has 7 atom stereocenters. The van der Waals surface area contributed by atoms with E-state index in [-0.39, 0.29) is 17.7 Å². The van der Waals surface area contributed by atoms with E-state index in [0.717, 1.165) is 6.92 Å². The number of amides is 1. The summed E-state index contributed by atoms with van der Waals surface area (Å²) in [6.07, 6.45) is -5.13. The fourth-order valence-electron chi connectivity index (χ4n) is 3.32. The Balaban J connectivity index is 1.96. The van der Waals surface area contributed by atoms with Crippen LogP contribution in [0.5, 0.6) is 5.75 Å². The van der Waals surface area contributed by atoms with Gasteiger partial charge in [-0.2, -0.15) is 0 Å². The van der Waals surface area contributed by atoms with E-state index in [1.165, 1.54) is 24.3 Å². The van der Waals surface area contributed by atoms with Crippen LogP contribution in [0.15, 0.2) is 24.3 Å². The number of aliphatic carboxylic acids is 1. The third kappa shape index (κ3) is 7.19. The molecule has 0 radical (unpaired) electrons. The highest BCUT2D eigenvalue weighted by Gasteiger charge is 2.43. The first-order valence-corrected chi connectivity index (χ1v) is 11.8. The highest BCUT2D eigenvalue weighted by molar-refractivity contribution is 7.52. The van der Waals surface area contributed by atoms with Gasteiger partial charge in [-0.25, -0.2) is 4.79 Å². The molecule has 1 aliphatic rings. The van der Waals surface area contributed by atoms with Gasteiger partial charge < -0.3 is 50.7 Å². The lowest BCUT2D eigenvalue weighted by atomic mass is 10.0. The van der Waals surface area contributed by atoms with E-state index in [0.29, 0.717) is 0 Å². The summed E-state index contributed by atoms with van der Waals surface area (Å²) in [4.78, 5) is 34.1. The Kier molecular flexibility index (Phi) is 8.96. The molecule has 33 heavy (non-hydrogen) atoms. The number of aromatic hydroxyl groups is 1. The summed E-state index contributed by atoms with van der Waals surface area (Å²) in [5.74, 6) is -2.47. The first-order valence-electron chi connectivity index (χ1n) is 10.0. The Morgan fingerprint density at radius 3 is 2.30 bits per heavy atom. The summed E-state index contributed by atoms with van der Waals surface area (Å²) >= 11 is 0. The van der Waals surface area contributed by atoms with Crippen molar-refractivity contribution in [1.29, 1.82) is 0 Å². The second-order valence-electron chi connectivity index (χ2n) is 8.16. The monoisotopic (exact) mass is 492 g/mol. The fraction of sp³-hybridized carbons (Fsp3) is 0.579. The largest absolute Gasteiger partial charge is 0.508 e. The summed E-state index contributed by atoms with van der Waals surface area (Å²) < 4.78 is 17.3. The average Bonchev–Trinajstić information content (AvgIpc) is 3.00. The number of phenols is 1. The van der Waals surface area contributed by atoms with Crippen LogP contribution < -0.4 is 10.6 Å². The van der Waals surface area contributed by atoms with Crippen LogP contribution in [-0.4, -0.2) is 103 Å². The lowest BCUT2D eigenvalue weighted by Gasteiger charge is -2.28. The maximum absolute atomic E-state index is 12.4. The molecular weight excluding hydrogens is 463 g/mol. The minimum absolute atomic E-state index is 0.0360. The first-order chi connectivity index (χ1) is 15.3. The maximum atomic E-state index is 12.4. The van der Waals surface area contributed by atoms with Gasteiger partial charge in [0.15, 0.2) is 5.54 Å². The van der Waals surface area contributed by atoms with Crippen LogP contribution in [0.25, 0.3) is 0 Å². The average molecular weight is 492 g/mol. The molecule has 1 heterocycles. The number of aliphatic hydroxyl groups is 4. The molecule has 2 rings (SSSR count). The zero-order valence-corrected chi connectivity index (χ0v) is 18.6. The van der Waals surface area contributed by atoms with E-state index in [9.17, 15) is 44.6 Å². The number of carboxylic acid groups (broad SMARTS) is 1. The Morgan fingerprint density at radius 2 is 1.79 bits per heavy atom. The van der Waals surface area contributed by atoms with Crippen molar-refractivity contribution in [3.05, 3.63) is 29.8 Å². The quantitative estimate of drug-likeness (QED) is 0.152. The van der Waals surface area contributed by atoms with Crippen molar-refractivity contribution in [2.75, 3.05) is 19.4 Å². The lowest BCUT2D eigenvalue weighted by molar-refractivity contribution is -0.145. The standard InChI is InChI=1S/C19H29N2O11P/c1-19(18(28)29,21-17(27)10-2-4-11(23)5-3-10)9-32-33(30,31)8-12(24)6-13-15(25)16(26)14(7-22)20-13/h2-5,12-16,20,22-26H,6-9H2,1H3,(H,21,27)(H,28,29)(H,30,31)/t12-,13-,14-,15-,16-,19?/m1/s1. The molecule has 1 fully saturated rings. The molecule has 2 unspecified atom stereocenters. The number of rotatable bonds is 11. The van der Waals surface area contributed by atoms with Gasteiger partial charge in [0.25, 0.3) is 5.91 Å². The second kappa shape index (κ2) is 10.9. The Bertz CT molecular complexity index is 883. The molecular formula is C19H29N2O11P. The van der Waals surface area contributed by atoms with Crippen LogP contribution in [-0.2, 0) is 13.9 Å². The number of benzene rings is 1. The van der Waals surface area contributed by atoms with Gasteiger partial charge in [-0.05, 0) is 37.6 Å². The van der Waals surface area contributed by atoms with E-state index in [1.807, 2.05) is 0 Å². The summed E-state index contributed by atoms with van der Waals surface area (Å²) in [6, 6.07) is 3.29. The number of phenolic OH excluding ortho intramolecular Hbond substituents is 1. The topological polar surface area (TPSA) is 226 Å². The summed E-state index contributed by atoms with van der Waals surface area (Å²) in [6.45, 7) is -0.294. The van der Waals surface area contributed by atoms with Crippen molar-refractivity contribution in [1.82, 2.24) is 10.6 Å². The number of carboxylic acids is 1. The Labute approximate surface area is 189 Å². The van der Waals surface area contributed by atoms with Crippen LogP contribution in [0.2, 0.25) is 0 Å². The number of hydrogen-bond donors (Lipinski definition) is 9. The minimum Gasteiger partial charge on any atom is -0.508 e. The van der Waals surface area contributed by atoms with Crippen molar-refractivity contribution >= 4 is 19.5 Å². The second-order valence-corrected chi connectivity index (χ2v) is 10.1. The van der Waals surface area contributed by atoms with Crippen molar-refractivity contribution in [3.63, 3.8) is 0 Å². The van der Waals surface area contributed by atoms with Crippen LogP contribution in [0.1, 0.15) is 23.7 Å². The maximum Gasteiger partial charge on any atom is 0.331 e. The molecule has 1 saturated heterocycles. The highest BCUT2D eigenvalue weighted by Crippen LogP contribution is 2.44. The molecule has 9 N–H and O–H groups in total. The first kappa shape index (κ1) is 27.2. The normalized spacial score (nSPS) is 27.3. The summed E-state index contributed by atoms with van der Waals surface area (Å²) in [5.41, 5.74) is -2.06. The smallest absolute Gasteiger partial charge is 0.331 e. The number of hydrogen-bond acceptors (Lipinski definition) is 10. The van der Waals surface area contributed by atoms with Gasteiger partial charge in [-0.15, -0.1) is 0 Å². The van der Waals surface area contributed by atoms with E-state index in [2.05, 4.69) is 10.6 Å². The fourth-order valence-corrected chi connectivity index (χ4v) is 4.57. The van der Waals surface area contributed by atoms with Gasteiger partial charge in [0.1, 0.15) is 5.75 Å². The van der Waals surface area contributed by atoms with Crippen molar-refractivity contribution in [3.8, 4) is 5.75 Å². The molecule has 1 amide bonds. The van der Waals surface area contributed by atoms with Crippen LogP contribution in [0, 0.1) is 0 Å². The summed E-state index contributed by atoms with van der Waals surface area (Å²) in [7, 11) is -4.54. The van der Waals surface area contributed by atoms with E-state index in [1.54, 1.807) is 0 Å². The van der Waals surface area contributed by atoms with Crippen LogP contribution in [0.4, 0.5) is 0 Å². The molecule has 0 saturated carbocycles. The Morgan fingerprint density at radius 1 is 1.21 bits per heavy atom. The predicted molar refractivity (Wildman–Crippen MR) is 113 cm³/mol. The molecule has 0 bridgehead atoms. The van der Waals surface area contributed by atoms with Crippen molar-refractivity contribution in [2.45, 2.75) is 49.3 Å². The van der Waals surface area contributed by atoms with Crippen molar-refractivity contribution in [2.24, 2.45) is 0 Å². The third-order valence-corrected chi connectivity index (χ3v) is 6.73. The van der Waals surface area contributed by atoms with Crippen LogP contribution >= 0.6 is 7.60 Å². The van der Waals surface area contributed by atoms with Gasteiger partial charge in [0.05, 0.1) is 43.7 Å². The molecule has 14 heteroatoms. The molecule has 1 aromatic rings. The number of carbonyl (C=O) groups excluding carboxylic acids is 1. The van der Waals surface area contributed by atoms with Crippen LogP contribution in [0.3, 0.4) is 0 Å². The van der Waals surface area contributed by atoms with E-state index >= 15 is 0 Å². The third-order valence-electron chi connectivity index (χ3n) is 5.31. The lowest BCUT2D eigenvalue weighted by Crippen LogP contribution is -2.55. The minimum atomic E-state index is -4.54. The highest BCUT2D eigenvalue weighted by atomic mass is 31.2. The molecule has 0 aromatic heterocycles. The SMILES string of the molecule is CC(COP(=O)(O)C[C@H](O)C[C@H]1N[C@H](CO)[C@@H](O)[C@@H]1O)(NC(=O)c1ccc(O)cc1)C(=O)O.